The number of benzene rings is 1. The summed E-state index contributed by atoms with van der Waals surface area (Å²) in [5.74, 6) is 0.834. The van der Waals surface area contributed by atoms with Gasteiger partial charge in [0.05, 0.1) is 6.54 Å². The molecule has 3 amide bonds. The van der Waals surface area contributed by atoms with Gasteiger partial charge >= 0.3 is 12.0 Å². The maximum absolute atomic E-state index is 13.1. The van der Waals surface area contributed by atoms with E-state index in [9.17, 15) is 9.59 Å². The van der Waals surface area contributed by atoms with Crippen molar-refractivity contribution < 1.29 is 14.2 Å². The lowest BCUT2D eigenvalue weighted by atomic mass is 10.1. The van der Waals surface area contributed by atoms with Crippen LogP contribution in [0.3, 0.4) is 0 Å². The van der Waals surface area contributed by atoms with E-state index >= 15 is 0 Å². The molecular weight excluding hydrogens is 354 g/mol. The summed E-state index contributed by atoms with van der Waals surface area (Å²) in [4.78, 5) is 33.2. The summed E-state index contributed by atoms with van der Waals surface area (Å²) in [6, 6.07) is 7.29. The highest BCUT2D eigenvalue weighted by Crippen LogP contribution is 2.31. The number of aliphatic imine (C=N–C) groups is 1. The Morgan fingerprint density at radius 1 is 1.25 bits per heavy atom. The molecule has 7 nitrogen and oxygen atoms in total. The van der Waals surface area contributed by atoms with Gasteiger partial charge in [0.15, 0.2) is 0 Å². The summed E-state index contributed by atoms with van der Waals surface area (Å²) in [6.45, 7) is 9.96. The van der Waals surface area contributed by atoms with Crippen molar-refractivity contribution in [1.82, 2.24) is 14.4 Å². The number of imide groups is 1. The fourth-order valence-corrected chi connectivity index (χ4v) is 3.80. The van der Waals surface area contributed by atoms with Gasteiger partial charge in [0, 0.05) is 7.05 Å². The zero-order chi connectivity index (χ0) is 20.2. The second-order valence-electron chi connectivity index (χ2n) is 7.43. The molecule has 0 radical (unpaired) electrons. The number of hydrogen-bond donors (Lipinski definition) is 0. The molecule has 1 aromatic heterocycles. The predicted octanol–water partition coefficient (Wildman–Crippen LogP) is 2.69. The second kappa shape index (κ2) is 6.44. The number of aromatic nitrogens is 2. The number of carbonyl (C=O) groups is 2. The summed E-state index contributed by atoms with van der Waals surface area (Å²) in [5.41, 5.74) is 3.96. The molecule has 1 saturated heterocycles. The Hall–Kier alpha value is -3.22. The van der Waals surface area contributed by atoms with E-state index < -0.39 is 6.04 Å². The van der Waals surface area contributed by atoms with Gasteiger partial charge in [-0.3, -0.25) is 14.6 Å². The average molecular weight is 378 g/mol. The van der Waals surface area contributed by atoms with Gasteiger partial charge in [-0.2, -0.15) is 4.57 Å². The van der Waals surface area contributed by atoms with Gasteiger partial charge in [-0.15, -0.1) is 0 Å². The topological polar surface area (TPSA) is 61.8 Å². The molecule has 144 valence electrons. The van der Waals surface area contributed by atoms with E-state index in [0.717, 1.165) is 23.4 Å². The first-order valence-electron chi connectivity index (χ1n) is 9.38. The van der Waals surface area contributed by atoms with Crippen LogP contribution in [0.15, 0.2) is 47.6 Å². The van der Waals surface area contributed by atoms with Gasteiger partial charge in [-0.25, -0.2) is 9.36 Å². The highest BCUT2D eigenvalue weighted by atomic mass is 16.2. The number of amides is 3. The van der Waals surface area contributed by atoms with E-state index in [1.54, 1.807) is 14.0 Å². The maximum Gasteiger partial charge on any atom is 0.406 e. The predicted molar refractivity (Wildman–Crippen MR) is 106 cm³/mol. The molecule has 2 aliphatic rings. The van der Waals surface area contributed by atoms with Crippen LogP contribution in [-0.4, -0.2) is 45.7 Å². The quantitative estimate of drug-likeness (QED) is 0.607. The third-order valence-electron chi connectivity index (χ3n) is 5.24. The van der Waals surface area contributed by atoms with E-state index in [1.807, 2.05) is 22.3 Å². The van der Waals surface area contributed by atoms with Gasteiger partial charge in [0.2, 0.25) is 11.9 Å². The van der Waals surface area contributed by atoms with Crippen LogP contribution >= 0.6 is 0 Å². The van der Waals surface area contributed by atoms with Crippen LogP contribution in [0.25, 0.3) is 5.69 Å². The highest BCUT2D eigenvalue weighted by Gasteiger charge is 2.53. The molecule has 0 bridgehead atoms. The van der Waals surface area contributed by atoms with Gasteiger partial charge < -0.3 is 0 Å². The van der Waals surface area contributed by atoms with Crippen molar-refractivity contribution in [3.05, 3.63) is 53.9 Å². The van der Waals surface area contributed by atoms with Crippen LogP contribution in [0.4, 0.5) is 10.7 Å². The van der Waals surface area contributed by atoms with Gasteiger partial charge in [-0.1, -0.05) is 36.2 Å². The molecule has 7 heteroatoms. The number of amidine groups is 1. The Labute approximate surface area is 164 Å². The van der Waals surface area contributed by atoms with Crippen molar-refractivity contribution >= 4 is 23.7 Å². The standard InChI is InChI=1S/C21H24N5O2/c1-6-15-7-9-16(10-8-15)26-14(4)12-24-17-18(22-20(24)26)23(5)21(28)25(19(17)27)11-13(2)3/h7-10,12,17H,2,6,11H2,1,3-5H3/q+1. The number of hydrogen-bond acceptors (Lipinski definition) is 3. The number of likely N-dealkylation sites (N-methyl/N-ethyl adjacent to an activating group) is 1. The van der Waals surface area contributed by atoms with E-state index in [0.29, 0.717) is 11.8 Å². The molecule has 28 heavy (non-hydrogen) atoms. The maximum atomic E-state index is 13.1. The van der Waals surface area contributed by atoms with Crippen LogP contribution in [0, 0.1) is 6.92 Å². The van der Waals surface area contributed by atoms with Crippen molar-refractivity contribution in [3.8, 4) is 5.69 Å². The molecule has 1 atom stereocenters. The largest absolute Gasteiger partial charge is 0.406 e. The van der Waals surface area contributed by atoms with Crippen LogP contribution in [0.5, 0.6) is 0 Å². The van der Waals surface area contributed by atoms with Crippen molar-refractivity contribution in [1.29, 1.82) is 0 Å². The van der Waals surface area contributed by atoms with Crippen molar-refractivity contribution in [3.63, 3.8) is 0 Å². The number of imidazole rings is 1. The number of urea groups is 1. The molecule has 2 aliphatic heterocycles. The molecule has 0 spiro atoms. The Bertz CT molecular complexity index is 1030. The van der Waals surface area contributed by atoms with Crippen molar-refractivity contribution in [2.24, 2.45) is 4.99 Å². The fourth-order valence-electron chi connectivity index (χ4n) is 3.80. The average Bonchev–Trinajstić information content (AvgIpc) is 3.18. The van der Waals surface area contributed by atoms with Gasteiger partial charge in [0.25, 0.3) is 5.91 Å². The first-order valence-corrected chi connectivity index (χ1v) is 9.38. The van der Waals surface area contributed by atoms with E-state index in [1.165, 1.54) is 15.4 Å². The minimum absolute atomic E-state index is 0.208. The molecule has 1 unspecified atom stereocenters. The summed E-state index contributed by atoms with van der Waals surface area (Å²) in [6.07, 6.45) is 2.90. The summed E-state index contributed by atoms with van der Waals surface area (Å²) in [5, 5.41) is 0. The van der Waals surface area contributed by atoms with Gasteiger partial charge in [-0.05, 0) is 38.0 Å². The third-order valence-corrected chi connectivity index (χ3v) is 5.24. The van der Waals surface area contributed by atoms with Crippen LogP contribution in [0.2, 0.25) is 0 Å². The number of fused-ring (bicyclic) bond motifs is 3. The SMILES string of the molecule is C=C(C)CN1C(=O)C2C(=Nc3n(-c4ccc(CC)cc4)c(C)c[n+]32)N(C)C1=O. The molecule has 1 fully saturated rings. The molecular formula is C21H24N5O2+. The fraction of sp³-hybridized carbons (Fsp3) is 0.333. The number of rotatable bonds is 4. The first-order chi connectivity index (χ1) is 13.3. The third kappa shape index (κ3) is 2.58. The Balaban J connectivity index is 1.81. The Kier molecular flexibility index (Phi) is 4.18. The molecule has 0 saturated carbocycles. The Morgan fingerprint density at radius 3 is 2.54 bits per heavy atom. The lowest BCUT2D eigenvalue weighted by Crippen LogP contribution is -2.62. The monoisotopic (exact) mass is 378 g/mol. The lowest BCUT2D eigenvalue weighted by Gasteiger charge is -2.33. The minimum Gasteiger partial charge on any atom is -0.270 e. The highest BCUT2D eigenvalue weighted by molar-refractivity contribution is 6.19. The number of nitrogens with zero attached hydrogens (tertiary/aromatic N) is 5. The molecule has 4 rings (SSSR count). The minimum atomic E-state index is -0.632. The van der Waals surface area contributed by atoms with Crippen molar-refractivity contribution in [2.75, 3.05) is 13.6 Å². The molecule has 0 N–H and O–H groups in total. The zero-order valence-electron chi connectivity index (χ0n) is 16.6. The molecule has 0 aliphatic carbocycles. The molecule has 3 heterocycles. The smallest absolute Gasteiger partial charge is 0.270 e. The van der Waals surface area contributed by atoms with E-state index in [2.05, 4.69) is 42.8 Å². The summed E-state index contributed by atoms with van der Waals surface area (Å²) < 4.78 is 3.87. The molecule has 1 aromatic carbocycles. The van der Waals surface area contributed by atoms with Gasteiger partial charge in [0.1, 0.15) is 17.6 Å². The van der Waals surface area contributed by atoms with E-state index in [4.69, 9.17) is 0 Å². The normalized spacial score (nSPS) is 18.3. The van der Waals surface area contributed by atoms with Crippen LogP contribution in [-0.2, 0) is 11.2 Å². The number of carbonyl (C=O) groups excluding carboxylic acids is 2. The van der Waals surface area contributed by atoms with Crippen molar-refractivity contribution in [2.45, 2.75) is 33.2 Å². The molecule has 2 aromatic rings. The summed E-state index contributed by atoms with van der Waals surface area (Å²) in [7, 11) is 1.66. The second-order valence-corrected chi connectivity index (χ2v) is 7.43. The van der Waals surface area contributed by atoms with Crippen LogP contribution in [0.1, 0.15) is 31.1 Å². The zero-order valence-corrected chi connectivity index (χ0v) is 16.6. The summed E-state index contributed by atoms with van der Waals surface area (Å²) >= 11 is 0. The van der Waals surface area contributed by atoms with Crippen LogP contribution < -0.4 is 4.57 Å². The lowest BCUT2D eigenvalue weighted by molar-refractivity contribution is -0.676. The van der Waals surface area contributed by atoms with E-state index in [-0.39, 0.29) is 18.5 Å². The Morgan fingerprint density at radius 2 is 1.93 bits per heavy atom. The first kappa shape index (κ1) is 18.2. The number of aryl methyl sites for hydroxylation is 2.